The molecule has 64 valence electrons. The molecule has 0 spiro atoms. The average Bonchev–Trinajstić information content (AvgIpc) is 1.82. The summed E-state index contributed by atoms with van der Waals surface area (Å²) < 4.78 is -1.99. The van der Waals surface area contributed by atoms with E-state index in [1.165, 1.54) is 0 Å². The molecule has 0 saturated heterocycles. The number of hydrogen-bond donors (Lipinski definition) is 1. The maximum atomic E-state index is 10.1. The zero-order valence-electron chi connectivity index (χ0n) is 4.75. The van der Waals surface area contributed by atoms with Crippen molar-refractivity contribution in [2.45, 2.75) is 3.79 Å². The third-order valence-electron chi connectivity index (χ3n) is 0.629. The highest BCUT2D eigenvalue weighted by atomic mass is 35.6. The second-order valence-corrected chi connectivity index (χ2v) is 4.47. The maximum absolute atomic E-state index is 10.1. The number of aliphatic carboxylic acids is 1. The smallest absolute Gasteiger partial charge is 0.348 e. The summed E-state index contributed by atoms with van der Waals surface area (Å²) >= 11 is 26.1. The first-order valence-electron chi connectivity index (χ1n) is 2.12. The van der Waals surface area contributed by atoms with Crippen molar-refractivity contribution in [1.29, 1.82) is 0 Å². The lowest BCUT2D eigenvalue weighted by atomic mass is 10.5. The van der Waals surface area contributed by atoms with E-state index in [0.717, 1.165) is 0 Å². The molecule has 0 saturated carbocycles. The highest BCUT2D eigenvalue weighted by Gasteiger charge is 2.29. The van der Waals surface area contributed by atoms with Gasteiger partial charge in [-0.25, -0.2) is 4.79 Å². The summed E-state index contributed by atoms with van der Waals surface area (Å²) in [6.45, 7) is 0. The largest absolute Gasteiger partial charge is 0.477 e. The number of hydrogen-bond acceptors (Lipinski definition) is 1. The van der Waals surface area contributed by atoms with E-state index in [0.29, 0.717) is 0 Å². The van der Waals surface area contributed by atoms with Gasteiger partial charge in [-0.2, -0.15) is 0 Å². The fourth-order valence-corrected chi connectivity index (χ4v) is 0.869. The molecule has 0 fully saturated rings. The number of rotatable bonds is 1. The Balaban J connectivity index is 4.82. The Morgan fingerprint density at radius 3 is 1.64 bits per heavy atom. The van der Waals surface area contributed by atoms with Gasteiger partial charge in [0.15, 0.2) is 0 Å². The van der Waals surface area contributed by atoms with Gasteiger partial charge in [-0.1, -0.05) is 58.0 Å². The van der Waals surface area contributed by atoms with Crippen LogP contribution in [0.5, 0.6) is 0 Å². The molecule has 0 rings (SSSR count). The zero-order valence-corrected chi connectivity index (χ0v) is 8.52. The second-order valence-electron chi connectivity index (χ2n) is 1.43. The van der Waals surface area contributed by atoms with Crippen LogP contribution < -0.4 is 0 Å². The first-order chi connectivity index (χ1) is 4.76. The van der Waals surface area contributed by atoms with E-state index in [2.05, 4.69) is 0 Å². The minimum Gasteiger partial charge on any atom is -0.477 e. The summed E-state index contributed by atoms with van der Waals surface area (Å²) in [5, 5.41) is 7.03. The quantitative estimate of drug-likeness (QED) is 0.579. The maximum Gasteiger partial charge on any atom is 0.348 e. The molecule has 0 amide bonds. The van der Waals surface area contributed by atoms with Crippen LogP contribution in [-0.4, -0.2) is 14.9 Å². The Morgan fingerprint density at radius 2 is 1.55 bits per heavy atom. The normalized spacial score (nSPS) is 14.3. The third kappa shape index (κ3) is 3.72. The fourth-order valence-electron chi connectivity index (χ4n) is 0.218. The summed E-state index contributed by atoms with van der Waals surface area (Å²) in [7, 11) is 0. The molecule has 0 heterocycles. The van der Waals surface area contributed by atoms with E-state index >= 15 is 0 Å². The van der Waals surface area contributed by atoms with Crippen LogP contribution in [0.25, 0.3) is 0 Å². The minimum atomic E-state index is -1.99. The van der Waals surface area contributed by atoms with E-state index in [4.69, 9.17) is 63.1 Å². The summed E-state index contributed by atoms with van der Waals surface area (Å²) in [5.74, 6) is -1.44. The van der Waals surface area contributed by atoms with Crippen molar-refractivity contribution in [1.82, 2.24) is 0 Å². The number of carbonyl (C=O) groups is 1. The van der Waals surface area contributed by atoms with Crippen molar-refractivity contribution in [3.05, 3.63) is 10.1 Å². The van der Waals surface area contributed by atoms with Crippen LogP contribution in [0, 0.1) is 0 Å². The third-order valence-corrected chi connectivity index (χ3v) is 2.41. The number of carboxylic acid groups (broad SMARTS) is 1. The van der Waals surface area contributed by atoms with E-state index in [1.807, 2.05) is 0 Å². The summed E-state index contributed by atoms with van der Waals surface area (Å²) in [6, 6.07) is 0. The molecule has 0 aromatic heterocycles. The van der Waals surface area contributed by atoms with Crippen LogP contribution in [-0.2, 0) is 4.79 Å². The minimum absolute atomic E-state index is 0.531. The molecule has 2 nitrogen and oxygen atoms in total. The van der Waals surface area contributed by atoms with E-state index < -0.39 is 19.8 Å². The molecule has 0 aromatic rings. The Labute approximate surface area is 87.6 Å². The van der Waals surface area contributed by atoms with Crippen molar-refractivity contribution in [3.8, 4) is 0 Å². The van der Waals surface area contributed by atoms with E-state index in [1.54, 1.807) is 0 Å². The molecular formula is C4HCl5O2. The molecule has 1 N–H and O–H groups in total. The van der Waals surface area contributed by atoms with Gasteiger partial charge in [0.1, 0.15) is 5.03 Å². The lowest BCUT2D eigenvalue weighted by Gasteiger charge is -2.08. The van der Waals surface area contributed by atoms with E-state index in [9.17, 15) is 4.79 Å². The second kappa shape index (κ2) is 4.06. The van der Waals surface area contributed by atoms with Gasteiger partial charge in [0.25, 0.3) is 0 Å². The summed E-state index contributed by atoms with van der Waals surface area (Å²) in [6.07, 6.45) is 0. The van der Waals surface area contributed by atoms with Gasteiger partial charge < -0.3 is 5.11 Å². The average molecular weight is 258 g/mol. The number of alkyl halides is 3. The molecule has 0 aliphatic carbocycles. The molecule has 0 bridgehead atoms. The number of carboxylic acids is 1. The Bertz CT molecular complexity index is 203. The van der Waals surface area contributed by atoms with Crippen molar-refractivity contribution in [2.75, 3.05) is 0 Å². The molecule has 0 aliphatic rings. The molecule has 0 atom stereocenters. The fraction of sp³-hybridized carbons (Fsp3) is 0.250. The predicted octanol–water partition coefficient (Wildman–Crippen LogP) is 3.13. The molecular weight excluding hydrogens is 257 g/mol. The van der Waals surface area contributed by atoms with Gasteiger partial charge in [0, 0.05) is 0 Å². The van der Waals surface area contributed by atoms with Crippen molar-refractivity contribution in [3.63, 3.8) is 0 Å². The Morgan fingerprint density at radius 1 is 1.18 bits per heavy atom. The molecule has 7 heteroatoms. The van der Waals surface area contributed by atoms with Gasteiger partial charge in [0.2, 0.25) is 3.79 Å². The first-order valence-corrected chi connectivity index (χ1v) is 4.01. The number of halogens is 5. The van der Waals surface area contributed by atoms with Gasteiger partial charge in [-0.05, 0) is 0 Å². The van der Waals surface area contributed by atoms with Crippen LogP contribution in [0.1, 0.15) is 0 Å². The van der Waals surface area contributed by atoms with Gasteiger partial charge in [0.05, 0.1) is 5.03 Å². The molecule has 0 aromatic carbocycles. The van der Waals surface area contributed by atoms with Gasteiger partial charge in [-0.15, -0.1) is 0 Å². The van der Waals surface area contributed by atoms with Crippen molar-refractivity contribution in [2.24, 2.45) is 0 Å². The van der Waals surface area contributed by atoms with Crippen LogP contribution >= 0.6 is 58.0 Å². The van der Waals surface area contributed by atoms with Crippen molar-refractivity contribution >= 4 is 64.0 Å². The Hall–Kier alpha value is 0.660. The highest BCUT2D eigenvalue weighted by molar-refractivity contribution is 6.74. The first kappa shape index (κ1) is 11.7. The van der Waals surface area contributed by atoms with Crippen molar-refractivity contribution < 1.29 is 9.90 Å². The molecule has 0 aliphatic heterocycles. The SMILES string of the molecule is O=C(O)/C(Cl)=C(\Cl)C(Cl)(Cl)Cl. The molecule has 0 radical (unpaired) electrons. The molecule has 0 unspecified atom stereocenters. The zero-order chi connectivity index (χ0) is 9.23. The Kier molecular flexibility index (Phi) is 4.30. The predicted molar refractivity (Wildman–Crippen MR) is 46.7 cm³/mol. The van der Waals surface area contributed by atoms with Gasteiger partial charge >= 0.3 is 5.97 Å². The van der Waals surface area contributed by atoms with Crippen LogP contribution in [0.15, 0.2) is 10.1 Å². The lowest BCUT2D eigenvalue weighted by Crippen LogP contribution is -2.07. The summed E-state index contributed by atoms with van der Waals surface area (Å²) in [5.41, 5.74) is 0. The van der Waals surface area contributed by atoms with E-state index in [-0.39, 0.29) is 0 Å². The van der Waals surface area contributed by atoms with Crippen LogP contribution in [0.3, 0.4) is 0 Å². The number of allylic oxidation sites excluding steroid dienone is 1. The molecule has 11 heavy (non-hydrogen) atoms. The van der Waals surface area contributed by atoms with Crippen LogP contribution in [0.2, 0.25) is 0 Å². The van der Waals surface area contributed by atoms with Gasteiger partial charge in [-0.3, -0.25) is 0 Å². The topological polar surface area (TPSA) is 37.3 Å². The summed E-state index contributed by atoms with van der Waals surface area (Å²) in [4.78, 5) is 10.1. The standard InChI is InChI=1S/C4HCl5O2/c5-1(3(10)11)2(6)4(7,8)9/h(H,10,11)/b2-1+. The highest BCUT2D eigenvalue weighted by Crippen LogP contribution is 2.39. The van der Waals surface area contributed by atoms with Crippen LogP contribution in [0.4, 0.5) is 0 Å². The lowest BCUT2D eigenvalue weighted by molar-refractivity contribution is -0.131. The monoisotopic (exact) mass is 256 g/mol.